The fourth-order valence-electron chi connectivity index (χ4n) is 2.74. The van der Waals surface area contributed by atoms with Gasteiger partial charge in [-0.3, -0.25) is 14.5 Å². The van der Waals surface area contributed by atoms with Crippen LogP contribution in [-0.4, -0.2) is 60.4 Å². The first-order valence-corrected chi connectivity index (χ1v) is 9.02. The largest absolute Gasteiger partial charge is 0.346 e. The summed E-state index contributed by atoms with van der Waals surface area (Å²) in [5.41, 5.74) is 6.94. The van der Waals surface area contributed by atoms with Crippen LogP contribution in [0.4, 0.5) is 0 Å². The van der Waals surface area contributed by atoms with Gasteiger partial charge in [-0.05, 0) is 23.6 Å². The number of nitrogens with one attached hydrogen (secondary N) is 1. The monoisotopic (exact) mass is 366 g/mol. The topological polar surface area (TPSA) is 78.7 Å². The Kier molecular flexibility index (Phi) is 7.23. The van der Waals surface area contributed by atoms with Crippen molar-refractivity contribution in [3.05, 3.63) is 34.9 Å². The van der Waals surface area contributed by atoms with Gasteiger partial charge in [0.2, 0.25) is 11.8 Å². The molecule has 1 fully saturated rings. The van der Waals surface area contributed by atoms with Crippen molar-refractivity contribution in [2.24, 2.45) is 11.7 Å². The third kappa shape index (κ3) is 5.99. The van der Waals surface area contributed by atoms with E-state index in [9.17, 15) is 9.59 Å². The highest BCUT2D eigenvalue weighted by Crippen LogP contribution is 2.14. The van der Waals surface area contributed by atoms with Crippen molar-refractivity contribution in [3.63, 3.8) is 0 Å². The lowest BCUT2D eigenvalue weighted by molar-refractivity contribution is -0.134. The van der Waals surface area contributed by atoms with Gasteiger partial charge in [0.05, 0.1) is 12.6 Å². The Balaban J connectivity index is 1.74. The minimum Gasteiger partial charge on any atom is -0.346 e. The van der Waals surface area contributed by atoms with Crippen molar-refractivity contribution >= 4 is 23.4 Å². The summed E-state index contributed by atoms with van der Waals surface area (Å²) >= 11 is 6.01. The standard InChI is InChI=1S/C18H27ClN4O2/c1-13(2)17(20)18(25)21-11-16(24)23-8-6-22(7-9-23)12-14-4-3-5-15(19)10-14/h3-5,10,13,17H,6-9,11-12,20H2,1-2H3,(H,21,25)/t17-/m0/s1. The van der Waals surface area contributed by atoms with Gasteiger partial charge >= 0.3 is 0 Å². The highest BCUT2D eigenvalue weighted by molar-refractivity contribution is 6.30. The number of carbonyl (C=O) groups excluding carboxylic acids is 2. The molecule has 25 heavy (non-hydrogen) atoms. The van der Waals surface area contributed by atoms with Crippen LogP contribution >= 0.6 is 11.6 Å². The van der Waals surface area contributed by atoms with Gasteiger partial charge < -0.3 is 16.0 Å². The van der Waals surface area contributed by atoms with Gasteiger partial charge in [0, 0.05) is 37.7 Å². The number of rotatable bonds is 6. The van der Waals surface area contributed by atoms with Crippen molar-refractivity contribution in [3.8, 4) is 0 Å². The van der Waals surface area contributed by atoms with E-state index >= 15 is 0 Å². The summed E-state index contributed by atoms with van der Waals surface area (Å²) in [5.74, 6) is -0.292. The zero-order chi connectivity index (χ0) is 18.4. The summed E-state index contributed by atoms with van der Waals surface area (Å²) in [6.45, 7) is 7.51. The first-order chi connectivity index (χ1) is 11.9. The number of benzene rings is 1. The summed E-state index contributed by atoms with van der Waals surface area (Å²) in [4.78, 5) is 28.1. The number of amides is 2. The molecule has 3 N–H and O–H groups in total. The first-order valence-electron chi connectivity index (χ1n) is 8.64. The zero-order valence-corrected chi connectivity index (χ0v) is 15.6. The maximum atomic E-state index is 12.2. The molecule has 0 unspecified atom stereocenters. The number of hydrogen-bond donors (Lipinski definition) is 2. The van der Waals surface area contributed by atoms with Gasteiger partial charge in [0.25, 0.3) is 0 Å². The number of nitrogens with two attached hydrogens (primary N) is 1. The molecular weight excluding hydrogens is 340 g/mol. The Morgan fingerprint density at radius 2 is 1.92 bits per heavy atom. The predicted molar refractivity (Wildman–Crippen MR) is 99.1 cm³/mol. The van der Waals surface area contributed by atoms with Gasteiger partial charge in [0.15, 0.2) is 0 Å². The van der Waals surface area contributed by atoms with Crippen LogP contribution in [0.1, 0.15) is 19.4 Å². The average molecular weight is 367 g/mol. The fourth-order valence-corrected chi connectivity index (χ4v) is 2.96. The van der Waals surface area contributed by atoms with Crippen LogP contribution in [0.2, 0.25) is 5.02 Å². The molecule has 7 heteroatoms. The summed E-state index contributed by atoms with van der Waals surface area (Å²) in [6.07, 6.45) is 0. The lowest BCUT2D eigenvalue weighted by Gasteiger charge is -2.35. The Morgan fingerprint density at radius 1 is 1.24 bits per heavy atom. The molecule has 1 saturated heterocycles. The molecular formula is C18H27ClN4O2. The Morgan fingerprint density at radius 3 is 2.52 bits per heavy atom. The second-order valence-corrected chi connectivity index (χ2v) is 7.21. The SMILES string of the molecule is CC(C)[C@H](N)C(=O)NCC(=O)N1CCN(Cc2cccc(Cl)c2)CC1. The molecule has 1 aliphatic rings. The third-order valence-electron chi connectivity index (χ3n) is 4.46. The minimum atomic E-state index is -0.581. The maximum absolute atomic E-state index is 12.2. The van der Waals surface area contributed by atoms with Crippen LogP contribution in [0.25, 0.3) is 0 Å². The quantitative estimate of drug-likeness (QED) is 0.789. The molecule has 1 heterocycles. The van der Waals surface area contributed by atoms with Crippen molar-refractivity contribution < 1.29 is 9.59 Å². The van der Waals surface area contributed by atoms with E-state index in [1.807, 2.05) is 32.0 Å². The summed E-state index contributed by atoms with van der Waals surface area (Å²) in [6, 6.07) is 7.24. The molecule has 0 spiro atoms. The number of carbonyl (C=O) groups is 2. The molecule has 1 aromatic rings. The van der Waals surface area contributed by atoms with E-state index in [1.165, 1.54) is 5.56 Å². The molecule has 0 aliphatic carbocycles. The summed E-state index contributed by atoms with van der Waals surface area (Å²) in [7, 11) is 0. The van der Waals surface area contributed by atoms with Gasteiger partial charge in [-0.2, -0.15) is 0 Å². The average Bonchev–Trinajstić information content (AvgIpc) is 2.59. The van der Waals surface area contributed by atoms with Gasteiger partial charge in [0.1, 0.15) is 0 Å². The second kappa shape index (κ2) is 9.17. The maximum Gasteiger partial charge on any atom is 0.242 e. The fraction of sp³-hybridized carbons (Fsp3) is 0.556. The van der Waals surface area contributed by atoms with E-state index in [0.717, 1.165) is 24.7 Å². The van der Waals surface area contributed by atoms with E-state index < -0.39 is 6.04 Å². The predicted octanol–water partition coefficient (Wildman–Crippen LogP) is 1.08. The second-order valence-electron chi connectivity index (χ2n) is 6.77. The normalized spacial score (nSPS) is 16.8. The van der Waals surface area contributed by atoms with E-state index in [0.29, 0.717) is 13.1 Å². The van der Waals surface area contributed by atoms with Crippen LogP contribution in [0.15, 0.2) is 24.3 Å². The lowest BCUT2D eigenvalue weighted by atomic mass is 10.1. The highest BCUT2D eigenvalue weighted by Gasteiger charge is 2.23. The Hall–Kier alpha value is -1.63. The number of halogens is 1. The summed E-state index contributed by atoms with van der Waals surface area (Å²) < 4.78 is 0. The molecule has 0 saturated carbocycles. The molecule has 1 atom stereocenters. The zero-order valence-electron chi connectivity index (χ0n) is 14.9. The first kappa shape index (κ1) is 19.7. The minimum absolute atomic E-state index is 0.00749. The van der Waals surface area contributed by atoms with E-state index in [4.69, 9.17) is 17.3 Å². The molecule has 6 nitrogen and oxygen atoms in total. The third-order valence-corrected chi connectivity index (χ3v) is 4.69. The van der Waals surface area contributed by atoms with Crippen molar-refractivity contribution in [2.75, 3.05) is 32.7 Å². The molecule has 1 aromatic carbocycles. The molecule has 0 bridgehead atoms. The van der Waals surface area contributed by atoms with Crippen LogP contribution in [0.3, 0.4) is 0 Å². The molecule has 0 radical (unpaired) electrons. The molecule has 2 amide bonds. The van der Waals surface area contributed by atoms with Crippen molar-refractivity contribution in [1.82, 2.24) is 15.1 Å². The van der Waals surface area contributed by atoms with Crippen molar-refractivity contribution in [1.29, 1.82) is 0 Å². The lowest BCUT2D eigenvalue weighted by Crippen LogP contribution is -2.52. The molecule has 1 aliphatic heterocycles. The molecule has 138 valence electrons. The highest BCUT2D eigenvalue weighted by atomic mass is 35.5. The van der Waals surface area contributed by atoms with Gasteiger partial charge in [-0.25, -0.2) is 0 Å². The number of hydrogen-bond acceptors (Lipinski definition) is 4. The van der Waals surface area contributed by atoms with E-state index in [-0.39, 0.29) is 24.3 Å². The van der Waals surface area contributed by atoms with Crippen molar-refractivity contribution in [2.45, 2.75) is 26.4 Å². The summed E-state index contributed by atoms with van der Waals surface area (Å²) in [5, 5.41) is 3.37. The molecule has 0 aromatic heterocycles. The smallest absolute Gasteiger partial charge is 0.242 e. The van der Waals surface area contributed by atoms with E-state index in [2.05, 4.69) is 16.3 Å². The van der Waals surface area contributed by atoms with E-state index in [1.54, 1.807) is 4.90 Å². The number of nitrogens with zero attached hydrogens (tertiary/aromatic N) is 2. The van der Waals surface area contributed by atoms with Crippen LogP contribution in [-0.2, 0) is 16.1 Å². The van der Waals surface area contributed by atoms with Crippen LogP contribution in [0.5, 0.6) is 0 Å². The van der Waals surface area contributed by atoms with Gasteiger partial charge in [-0.15, -0.1) is 0 Å². The number of piperazine rings is 1. The molecule has 2 rings (SSSR count). The Labute approximate surface area is 154 Å². The Bertz CT molecular complexity index is 600. The van der Waals surface area contributed by atoms with Crippen LogP contribution in [0, 0.1) is 5.92 Å². The van der Waals surface area contributed by atoms with Crippen LogP contribution < -0.4 is 11.1 Å². The van der Waals surface area contributed by atoms with Gasteiger partial charge in [-0.1, -0.05) is 37.6 Å².